The summed E-state index contributed by atoms with van der Waals surface area (Å²) in [5.74, 6) is 0. The molecule has 1 atom stereocenters. The fraction of sp³-hybridized carbons (Fsp3) is 0.556. The molecule has 1 aliphatic rings. The molecule has 0 aromatic rings. The van der Waals surface area contributed by atoms with Gasteiger partial charge in [0, 0.05) is 5.53 Å². The van der Waals surface area contributed by atoms with Crippen molar-refractivity contribution in [3.8, 4) is 0 Å². The minimum absolute atomic E-state index is 0.0346. The van der Waals surface area contributed by atoms with Crippen LogP contribution in [0.25, 0.3) is 0 Å². The molecule has 0 saturated heterocycles. The first kappa shape index (κ1) is 13.9. The SMILES string of the molecule is CC(C)(C)C(C1=IC=IC=C1)S(=O)(=O)O. The third kappa shape index (κ3) is 3.97. The largest absolute Gasteiger partial charge is 0.285 e. The summed E-state index contributed by atoms with van der Waals surface area (Å²) in [6.45, 7) is 5.54. The Morgan fingerprint density at radius 1 is 1.40 bits per heavy atom. The molecular formula is C9H14I2O3S. The summed E-state index contributed by atoms with van der Waals surface area (Å²) in [5.41, 5.74) is -0.448. The molecule has 0 aromatic carbocycles. The lowest BCUT2D eigenvalue weighted by atomic mass is 9.90. The van der Waals surface area contributed by atoms with E-state index in [1.54, 1.807) is 0 Å². The predicted molar refractivity (Wildman–Crippen MR) is 83.0 cm³/mol. The van der Waals surface area contributed by atoms with Crippen LogP contribution in [0.2, 0.25) is 0 Å². The van der Waals surface area contributed by atoms with Crippen molar-refractivity contribution in [3.05, 3.63) is 10.2 Å². The van der Waals surface area contributed by atoms with E-state index >= 15 is 0 Å². The highest BCUT2D eigenvalue weighted by atomic mass is 127. The van der Waals surface area contributed by atoms with Crippen LogP contribution in [-0.2, 0) is 10.1 Å². The topological polar surface area (TPSA) is 54.4 Å². The van der Waals surface area contributed by atoms with Crippen molar-refractivity contribution in [1.29, 1.82) is 0 Å². The van der Waals surface area contributed by atoms with Gasteiger partial charge < -0.3 is 0 Å². The molecule has 3 nitrogen and oxygen atoms in total. The third-order valence-electron chi connectivity index (χ3n) is 1.84. The van der Waals surface area contributed by atoms with Gasteiger partial charge in [-0.25, -0.2) is 0 Å². The van der Waals surface area contributed by atoms with Gasteiger partial charge in [-0.05, 0) is 15.6 Å². The highest BCUT2D eigenvalue weighted by molar-refractivity contribution is 14.3. The molecule has 0 bridgehead atoms. The molecule has 1 unspecified atom stereocenters. The standard InChI is InChI=1S/C9H14I2O3S/c1-9(2,3)8(15(12,13)14)7-4-5-10-6-11-7/h4-6,8H,1-3H3,(H,12,13,14). The summed E-state index contributed by atoms with van der Waals surface area (Å²) in [6.07, 6.45) is 1.92. The Hall–Kier alpha value is 0.850. The molecule has 0 spiro atoms. The van der Waals surface area contributed by atoms with Crippen molar-refractivity contribution in [2.75, 3.05) is 0 Å². The minimum atomic E-state index is -3.99. The van der Waals surface area contributed by atoms with Crippen LogP contribution in [0.3, 0.4) is 0 Å². The third-order valence-corrected chi connectivity index (χ3v) is 10.2. The Morgan fingerprint density at radius 2 is 2.00 bits per heavy atom. The molecular weight excluding hydrogens is 442 g/mol. The van der Waals surface area contributed by atoms with Gasteiger partial charge in [0.25, 0.3) is 10.1 Å². The zero-order valence-corrected chi connectivity index (χ0v) is 13.9. The van der Waals surface area contributed by atoms with Crippen LogP contribution in [0.1, 0.15) is 20.8 Å². The molecule has 6 heteroatoms. The van der Waals surface area contributed by atoms with Gasteiger partial charge in [-0.1, -0.05) is 62.2 Å². The maximum absolute atomic E-state index is 11.4. The lowest BCUT2D eigenvalue weighted by molar-refractivity contribution is 0.395. The van der Waals surface area contributed by atoms with E-state index < -0.39 is 20.8 Å². The lowest BCUT2D eigenvalue weighted by Gasteiger charge is -2.28. The first-order chi connectivity index (χ1) is 6.73. The predicted octanol–water partition coefficient (Wildman–Crippen LogP) is 2.69. The average molecular weight is 456 g/mol. The molecule has 88 valence electrons. The highest BCUT2D eigenvalue weighted by Gasteiger charge is 2.37. The summed E-state index contributed by atoms with van der Waals surface area (Å²) < 4.78 is 37.3. The zero-order chi connectivity index (χ0) is 11.7. The van der Waals surface area contributed by atoms with Gasteiger partial charge in [0.1, 0.15) is 5.25 Å². The molecule has 1 aliphatic heterocycles. The van der Waals surface area contributed by atoms with Crippen molar-refractivity contribution in [2.45, 2.75) is 26.0 Å². The van der Waals surface area contributed by atoms with Crippen molar-refractivity contribution in [1.82, 2.24) is 0 Å². The molecule has 15 heavy (non-hydrogen) atoms. The van der Waals surface area contributed by atoms with Crippen molar-refractivity contribution in [3.63, 3.8) is 0 Å². The quantitative estimate of drug-likeness (QED) is 0.514. The van der Waals surface area contributed by atoms with Gasteiger partial charge in [-0.2, -0.15) is 8.42 Å². The van der Waals surface area contributed by atoms with Crippen LogP contribution in [-0.4, -0.2) is 23.7 Å². The van der Waals surface area contributed by atoms with Crippen LogP contribution >= 0.6 is 41.5 Å². The Labute approximate surface area is 111 Å². The second-order valence-electron chi connectivity index (χ2n) is 4.26. The van der Waals surface area contributed by atoms with Gasteiger partial charge in [-0.15, -0.1) is 0 Å². The van der Waals surface area contributed by atoms with E-state index in [1.807, 2.05) is 26.8 Å². The van der Waals surface area contributed by atoms with Crippen LogP contribution in [0.4, 0.5) is 0 Å². The van der Waals surface area contributed by atoms with Crippen LogP contribution in [0.15, 0.2) is 10.2 Å². The van der Waals surface area contributed by atoms with Crippen LogP contribution < -0.4 is 0 Å². The fourth-order valence-corrected chi connectivity index (χ4v) is 11.2. The maximum atomic E-state index is 11.4. The monoisotopic (exact) mass is 456 g/mol. The van der Waals surface area contributed by atoms with E-state index in [1.165, 1.54) is 0 Å². The summed E-state index contributed by atoms with van der Waals surface area (Å²) >= 11 is -0.274. The second-order valence-corrected chi connectivity index (χ2v) is 12.7. The molecule has 1 rings (SSSR count). The van der Waals surface area contributed by atoms with E-state index in [0.717, 1.165) is 3.51 Å². The van der Waals surface area contributed by atoms with Gasteiger partial charge in [0.15, 0.2) is 0 Å². The highest BCUT2D eigenvalue weighted by Crippen LogP contribution is 2.31. The molecule has 1 heterocycles. The normalized spacial score (nSPS) is 19.9. The second kappa shape index (κ2) is 5.01. The molecule has 0 saturated carbocycles. The number of allylic oxidation sites excluding steroid dienone is 1. The Morgan fingerprint density at radius 3 is 2.33 bits per heavy atom. The van der Waals surface area contributed by atoms with E-state index in [9.17, 15) is 13.0 Å². The van der Waals surface area contributed by atoms with Crippen molar-refractivity contribution in [2.24, 2.45) is 5.41 Å². The summed E-state index contributed by atoms with van der Waals surface area (Å²) in [4.78, 5) is 0. The van der Waals surface area contributed by atoms with Gasteiger partial charge in [0.05, 0.1) is 0 Å². The van der Waals surface area contributed by atoms with Crippen LogP contribution in [0, 0.1) is 5.41 Å². The van der Waals surface area contributed by atoms with Gasteiger partial charge in [0.2, 0.25) is 0 Å². The average Bonchev–Trinajstić information content (AvgIpc) is 2.00. The Balaban J connectivity index is 3.20. The lowest BCUT2D eigenvalue weighted by Crippen LogP contribution is -2.39. The molecule has 0 amide bonds. The van der Waals surface area contributed by atoms with Crippen LogP contribution in [0.5, 0.6) is 0 Å². The molecule has 0 radical (unpaired) electrons. The van der Waals surface area contributed by atoms with Gasteiger partial charge in [-0.3, -0.25) is 4.55 Å². The molecule has 0 aliphatic carbocycles. The molecule has 0 aromatic heterocycles. The minimum Gasteiger partial charge on any atom is -0.285 e. The van der Waals surface area contributed by atoms with E-state index in [4.69, 9.17) is 0 Å². The number of hydrogen-bond donors (Lipinski definition) is 1. The Kier molecular flexibility index (Phi) is 4.64. The number of hydrogen-bond acceptors (Lipinski definition) is 2. The molecule has 1 N–H and O–H groups in total. The van der Waals surface area contributed by atoms with Crippen molar-refractivity contribution >= 4 is 57.1 Å². The summed E-state index contributed by atoms with van der Waals surface area (Å²) in [6, 6.07) is 0. The maximum Gasteiger partial charge on any atom is 0.272 e. The fourth-order valence-electron chi connectivity index (χ4n) is 1.38. The van der Waals surface area contributed by atoms with E-state index in [0.29, 0.717) is 0 Å². The summed E-state index contributed by atoms with van der Waals surface area (Å²) in [7, 11) is -3.99. The van der Waals surface area contributed by atoms with E-state index in [2.05, 4.69) is 6.10 Å². The first-order valence-corrected chi connectivity index (χ1v) is 10.6. The first-order valence-electron chi connectivity index (χ1n) is 4.29. The Bertz CT molecular complexity index is 427. The summed E-state index contributed by atoms with van der Waals surface area (Å²) in [5, 5.41) is -0.741. The van der Waals surface area contributed by atoms with Gasteiger partial charge >= 0.3 is 0 Å². The molecule has 0 fully saturated rings. The zero-order valence-electron chi connectivity index (χ0n) is 8.74. The number of halogens is 2. The smallest absolute Gasteiger partial charge is 0.272 e. The van der Waals surface area contributed by atoms with E-state index in [-0.39, 0.29) is 41.5 Å². The van der Waals surface area contributed by atoms with Crippen molar-refractivity contribution < 1.29 is 13.0 Å². The number of rotatable bonds is 2.